The van der Waals surface area contributed by atoms with Crippen LogP contribution in [-0.2, 0) is 17.5 Å². The van der Waals surface area contributed by atoms with Crippen LogP contribution in [0.25, 0.3) is 11.3 Å². The molecule has 3 aromatic carbocycles. The first-order valence-electron chi connectivity index (χ1n) is 19.7. The third kappa shape index (κ3) is 11.4. The zero-order valence-corrected chi connectivity index (χ0v) is 32.6. The molecule has 2 N–H and O–H groups in total. The van der Waals surface area contributed by atoms with Crippen molar-refractivity contribution >= 4 is 29.1 Å². The van der Waals surface area contributed by atoms with E-state index in [1.165, 1.54) is 56.5 Å². The number of hydrogen-bond acceptors (Lipinski definition) is 7. The van der Waals surface area contributed by atoms with Crippen LogP contribution >= 0.6 is 0 Å². The van der Waals surface area contributed by atoms with Gasteiger partial charge in [-0.1, -0.05) is 50.3 Å². The van der Waals surface area contributed by atoms with E-state index in [-0.39, 0.29) is 18.0 Å². The van der Waals surface area contributed by atoms with Crippen LogP contribution in [0.4, 0.5) is 24.5 Å². The van der Waals surface area contributed by atoms with E-state index in [0.29, 0.717) is 59.3 Å². The fourth-order valence-corrected chi connectivity index (χ4v) is 7.36. The average Bonchev–Trinajstić information content (AvgIpc) is 3.24. The number of pyridine rings is 1. The Morgan fingerprint density at radius 1 is 0.842 bits per heavy atom. The Hall–Kier alpha value is -5.27. The number of nitrogens with zero attached hydrogens (tertiary/aromatic N) is 4. The largest absolute Gasteiger partial charge is 0.416 e. The van der Waals surface area contributed by atoms with E-state index in [1.807, 2.05) is 25.2 Å². The molecule has 1 aliphatic carbocycles. The summed E-state index contributed by atoms with van der Waals surface area (Å²) < 4.78 is 45.2. The normalized spacial score (nSPS) is 15.2. The van der Waals surface area contributed by atoms with E-state index < -0.39 is 23.6 Å². The van der Waals surface area contributed by atoms with E-state index in [1.54, 1.807) is 42.3 Å². The SMILES string of the molecule is CN(CCN1CCOCC1)C(=O)c1cccc(C(=O)Nc2ccc(N(C)CCC3CCCCC3)cc2-c2cc(C(=O)NCc3cccc(C(F)(F)F)c3)ccn2)c1. The maximum absolute atomic E-state index is 13.8. The molecular weight excluding hydrogens is 734 g/mol. The maximum Gasteiger partial charge on any atom is 0.416 e. The van der Waals surface area contributed by atoms with E-state index in [4.69, 9.17) is 4.74 Å². The number of amides is 3. The van der Waals surface area contributed by atoms with Gasteiger partial charge in [0.05, 0.1) is 30.2 Å². The molecule has 3 amide bonds. The van der Waals surface area contributed by atoms with Gasteiger partial charge in [-0.05, 0) is 78.6 Å². The van der Waals surface area contributed by atoms with Gasteiger partial charge in [0.2, 0.25) is 0 Å². The van der Waals surface area contributed by atoms with Crippen molar-refractivity contribution in [2.24, 2.45) is 5.92 Å². The van der Waals surface area contributed by atoms with Gasteiger partial charge in [0.15, 0.2) is 0 Å². The smallest absolute Gasteiger partial charge is 0.379 e. The maximum atomic E-state index is 13.8. The van der Waals surface area contributed by atoms with Crippen LogP contribution in [-0.4, -0.2) is 92.5 Å². The molecule has 2 fully saturated rings. The summed E-state index contributed by atoms with van der Waals surface area (Å²) in [4.78, 5) is 51.2. The van der Waals surface area contributed by atoms with Gasteiger partial charge in [0, 0.05) is 87.5 Å². The predicted molar refractivity (Wildman–Crippen MR) is 215 cm³/mol. The van der Waals surface area contributed by atoms with Crippen molar-refractivity contribution in [3.8, 4) is 11.3 Å². The Morgan fingerprint density at radius 2 is 1.58 bits per heavy atom. The molecule has 1 saturated carbocycles. The molecule has 0 atom stereocenters. The second-order valence-electron chi connectivity index (χ2n) is 15.0. The molecule has 0 bridgehead atoms. The van der Waals surface area contributed by atoms with Gasteiger partial charge < -0.3 is 25.2 Å². The molecule has 302 valence electrons. The molecule has 4 aromatic rings. The number of hydrogen-bond donors (Lipinski definition) is 2. The highest BCUT2D eigenvalue weighted by molar-refractivity contribution is 6.08. The number of carbonyl (C=O) groups is 3. The Morgan fingerprint density at radius 3 is 2.35 bits per heavy atom. The summed E-state index contributed by atoms with van der Waals surface area (Å²) >= 11 is 0. The predicted octanol–water partition coefficient (Wildman–Crippen LogP) is 7.76. The van der Waals surface area contributed by atoms with Crippen molar-refractivity contribution in [1.82, 2.24) is 20.1 Å². The number of aromatic nitrogens is 1. The molecular formula is C44H51F3N6O4. The van der Waals surface area contributed by atoms with Gasteiger partial charge in [0.1, 0.15) is 0 Å². The van der Waals surface area contributed by atoms with E-state index in [0.717, 1.165) is 50.4 Å². The van der Waals surface area contributed by atoms with Crippen molar-refractivity contribution in [2.75, 3.05) is 70.2 Å². The van der Waals surface area contributed by atoms with E-state index in [2.05, 4.69) is 25.4 Å². The lowest BCUT2D eigenvalue weighted by atomic mass is 9.87. The van der Waals surface area contributed by atoms with Crippen molar-refractivity contribution in [3.05, 3.63) is 113 Å². The summed E-state index contributed by atoms with van der Waals surface area (Å²) in [5.74, 6) is -0.403. The highest BCUT2D eigenvalue weighted by Gasteiger charge is 2.30. The van der Waals surface area contributed by atoms with Crippen molar-refractivity contribution < 1.29 is 32.3 Å². The van der Waals surface area contributed by atoms with Crippen molar-refractivity contribution in [3.63, 3.8) is 0 Å². The minimum absolute atomic E-state index is 0.103. The number of rotatable bonds is 14. The number of benzene rings is 3. The molecule has 0 spiro atoms. The first-order valence-corrected chi connectivity index (χ1v) is 19.7. The van der Waals surface area contributed by atoms with E-state index >= 15 is 0 Å². The van der Waals surface area contributed by atoms with Gasteiger partial charge in [-0.15, -0.1) is 0 Å². The number of carbonyl (C=O) groups excluding carboxylic acids is 3. The van der Waals surface area contributed by atoms with Crippen LogP contribution in [0.1, 0.15) is 80.7 Å². The van der Waals surface area contributed by atoms with Gasteiger partial charge in [-0.2, -0.15) is 13.2 Å². The monoisotopic (exact) mass is 784 g/mol. The van der Waals surface area contributed by atoms with Crippen molar-refractivity contribution in [1.29, 1.82) is 0 Å². The molecule has 13 heteroatoms. The van der Waals surface area contributed by atoms with Gasteiger partial charge in [-0.3, -0.25) is 24.3 Å². The topological polar surface area (TPSA) is 107 Å². The summed E-state index contributed by atoms with van der Waals surface area (Å²) in [5, 5.41) is 5.73. The number of alkyl halides is 3. The van der Waals surface area contributed by atoms with Crippen LogP contribution in [0, 0.1) is 5.92 Å². The summed E-state index contributed by atoms with van der Waals surface area (Å²) in [5.41, 5.74) is 2.84. The first-order chi connectivity index (χ1) is 27.4. The molecule has 57 heavy (non-hydrogen) atoms. The molecule has 6 rings (SSSR count). The quantitative estimate of drug-likeness (QED) is 0.135. The first kappa shape index (κ1) is 41.4. The highest BCUT2D eigenvalue weighted by atomic mass is 19.4. The lowest BCUT2D eigenvalue weighted by Crippen LogP contribution is -2.41. The second kappa shape index (κ2) is 19.3. The third-order valence-corrected chi connectivity index (χ3v) is 10.9. The number of likely N-dealkylation sites (N-methyl/N-ethyl adjacent to an activating group) is 1. The minimum Gasteiger partial charge on any atom is -0.379 e. The van der Waals surface area contributed by atoms with Crippen molar-refractivity contribution in [2.45, 2.75) is 51.2 Å². The Bertz CT molecular complexity index is 2010. The van der Waals surface area contributed by atoms with Gasteiger partial charge in [-0.25, -0.2) is 0 Å². The number of halogens is 3. The Labute approximate surface area is 332 Å². The zero-order valence-electron chi connectivity index (χ0n) is 32.6. The van der Waals surface area contributed by atoms with Crippen LogP contribution in [0.2, 0.25) is 0 Å². The lowest BCUT2D eigenvalue weighted by molar-refractivity contribution is -0.137. The molecule has 0 radical (unpaired) electrons. The van der Waals surface area contributed by atoms with Crippen LogP contribution < -0.4 is 15.5 Å². The number of nitrogens with one attached hydrogen (secondary N) is 2. The average molecular weight is 785 g/mol. The molecule has 0 unspecified atom stereocenters. The number of ether oxygens (including phenoxy) is 1. The number of morpholine rings is 1. The summed E-state index contributed by atoms with van der Waals surface area (Å²) in [6.07, 6.45) is 4.39. The Kier molecular flexibility index (Phi) is 14.0. The summed E-state index contributed by atoms with van der Waals surface area (Å²) in [6, 6.07) is 20.3. The van der Waals surface area contributed by atoms with Gasteiger partial charge >= 0.3 is 6.18 Å². The highest BCUT2D eigenvalue weighted by Crippen LogP contribution is 2.34. The lowest BCUT2D eigenvalue weighted by Gasteiger charge is -2.28. The molecule has 1 aliphatic heterocycles. The van der Waals surface area contributed by atoms with Crippen LogP contribution in [0.5, 0.6) is 0 Å². The van der Waals surface area contributed by atoms with Crippen LogP contribution in [0.3, 0.4) is 0 Å². The third-order valence-electron chi connectivity index (χ3n) is 10.9. The van der Waals surface area contributed by atoms with Gasteiger partial charge in [0.25, 0.3) is 17.7 Å². The molecule has 1 aromatic heterocycles. The van der Waals surface area contributed by atoms with E-state index in [9.17, 15) is 27.6 Å². The fourth-order valence-electron chi connectivity index (χ4n) is 7.36. The molecule has 10 nitrogen and oxygen atoms in total. The fraction of sp³-hybridized carbons (Fsp3) is 0.409. The van der Waals surface area contributed by atoms with Crippen LogP contribution in [0.15, 0.2) is 85.1 Å². The minimum atomic E-state index is -4.49. The zero-order chi connectivity index (χ0) is 40.4. The molecule has 1 saturated heterocycles. The summed E-state index contributed by atoms with van der Waals surface area (Å²) in [7, 11) is 3.79. The molecule has 2 heterocycles. The number of anilines is 2. The second-order valence-corrected chi connectivity index (χ2v) is 15.0. The summed E-state index contributed by atoms with van der Waals surface area (Å²) in [6.45, 7) is 5.03. The molecule has 2 aliphatic rings. The Balaban J connectivity index is 1.21. The standard InChI is InChI=1S/C44H51F3N6O4/c1-51(19-17-31-8-4-3-5-9-31)37-14-15-39(50-42(55)33-11-7-12-35(27-33)43(56)52(2)20-21-53-22-24-57-25-23-53)38(29-37)40-28-34(16-18-48-40)41(54)49-30-32-10-6-13-36(26-32)44(45,46)47/h6-7,10-16,18,26-29,31H,3-5,8-9,17,19-25,30H2,1-2H3,(H,49,54)(H,50,55).